The number of benzene rings is 12. The molecule has 0 atom stereocenters. The van der Waals surface area contributed by atoms with E-state index < -0.39 is 15.9 Å². The van der Waals surface area contributed by atoms with Gasteiger partial charge in [-0.1, -0.05) is 225 Å². The summed E-state index contributed by atoms with van der Waals surface area (Å²) in [4.78, 5) is 0. The van der Waals surface area contributed by atoms with E-state index in [1.165, 1.54) is 22.3 Å². The molecule has 0 unspecified atom stereocenters. The van der Waals surface area contributed by atoms with Gasteiger partial charge in [0.2, 0.25) is 11.5 Å². The number of nitrogens with zero attached hydrogens (tertiary/aromatic N) is 1. The highest BCUT2D eigenvalue weighted by Crippen LogP contribution is 2.68. The first kappa shape index (κ1) is 57.0. The summed E-state index contributed by atoms with van der Waals surface area (Å²) in [5, 5.41) is 8.07. The molecule has 0 aromatic heterocycles. The van der Waals surface area contributed by atoms with Crippen molar-refractivity contribution in [3.63, 3.8) is 0 Å². The molecule has 2 heterocycles. The monoisotopic (exact) mass is 1190 g/mol. The molecule has 0 spiro atoms. The van der Waals surface area contributed by atoms with Crippen LogP contribution in [-0.2, 0) is 55.9 Å². The van der Waals surface area contributed by atoms with E-state index in [4.69, 9.17) is 22.6 Å². The van der Waals surface area contributed by atoms with Gasteiger partial charge in [0.1, 0.15) is 16.0 Å². The van der Waals surface area contributed by atoms with Crippen molar-refractivity contribution in [1.29, 1.82) is 0 Å². The molecule has 0 amide bonds. The first-order valence-electron chi connectivity index (χ1n) is 31.7. The molecule has 14 rings (SSSR count). The van der Waals surface area contributed by atoms with E-state index in [2.05, 4.69) is 250 Å². The van der Waals surface area contributed by atoms with Crippen LogP contribution in [0.4, 0.5) is 0 Å². The molecule has 6 nitrogen and oxygen atoms in total. The van der Waals surface area contributed by atoms with Gasteiger partial charge in [0.15, 0.2) is 0 Å². The molecule has 0 radical (unpaired) electrons. The summed E-state index contributed by atoms with van der Waals surface area (Å²) >= 11 is 0. The normalized spacial score (nSPS) is 13.2. The van der Waals surface area contributed by atoms with Crippen molar-refractivity contribution in [2.45, 2.75) is 107 Å². The Morgan fingerprint density at radius 1 is 0.295 bits per heavy atom. The molecule has 88 heavy (non-hydrogen) atoms. The van der Waals surface area contributed by atoms with Crippen LogP contribution < -0.4 is 18.1 Å². The fraction of sp³-hybridized carbons (Fsp3) is 0.200. The third kappa shape index (κ3) is 9.42. The largest absolute Gasteiger partial charge is 0.681 e. The molecule has 0 bridgehead atoms. The fourth-order valence-corrected chi connectivity index (χ4v) is 17.3. The molecule has 8 heteroatoms. The Hall–Kier alpha value is -8.79. The second-order valence-electron chi connectivity index (χ2n) is 23.2. The average molecular weight is 1190 g/mol. The summed E-state index contributed by atoms with van der Waals surface area (Å²) in [5.74, 6) is 2.11. The van der Waals surface area contributed by atoms with Gasteiger partial charge >= 0.3 is 15.9 Å². The van der Waals surface area contributed by atoms with Crippen LogP contribution in [0.1, 0.15) is 99.9 Å². The Labute approximate surface area is 518 Å². The van der Waals surface area contributed by atoms with Crippen molar-refractivity contribution < 1.29 is 22.7 Å². The standard InChI is InChI=1S/C80H72NO5P2/c1-9-49-33-25-34-50(10-2)69(49)65-45-57-29-17-21-41-61(57)73-74-62-42-22-18-30-58(62)46-66(70-51(11-3)35-26-36-52(70)12-4)78(74)84-87(83-77(65)73)81-88(82)85-79-67(71-53(13-5)37-27-38-54(71)14-6)47-59-31-19-23-43-63(59)75(79)76-64-44-24-20-32-60(64)48-68(80(76)86-88)72-55(15-7)39-28-40-56(72)16-8/h17-48H,9-16H2,1-8H3/q+1. The Morgan fingerprint density at radius 3 is 0.773 bits per heavy atom. The van der Waals surface area contributed by atoms with Crippen LogP contribution in [0, 0.1) is 0 Å². The minimum atomic E-state index is -4.91. The van der Waals surface area contributed by atoms with Gasteiger partial charge in [-0.3, -0.25) is 0 Å². The minimum Gasteiger partial charge on any atom is -0.396 e. The number of rotatable bonds is 13. The second kappa shape index (κ2) is 23.4. The number of hydrogen-bond donors (Lipinski definition) is 0. The summed E-state index contributed by atoms with van der Waals surface area (Å²) in [6, 6.07) is 69.7. The van der Waals surface area contributed by atoms with Crippen LogP contribution in [0.5, 0.6) is 23.0 Å². The van der Waals surface area contributed by atoms with E-state index in [1.807, 2.05) is 0 Å². The van der Waals surface area contributed by atoms with E-state index in [1.54, 1.807) is 0 Å². The predicted molar refractivity (Wildman–Crippen MR) is 370 cm³/mol. The number of hydrogen-bond acceptors (Lipinski definition) is 5. The molecule has 436 valence electrons. The van der Waals surface area contributed by atoms with Crippen LogP contribution in [-0.4, -0.2) is 0 Å². The van der Waals surface area contributed by atoms with Crippen LogP contribution in [0.15, 0.2) is 199 Å². The summed E-state index contributed by atoms with van der Waals surface area (Å²) in [5.41, 5.74) is 20.7. The van der Waals surface area contributed by atoms with Gasteiger partial charge in [-0.15, -0.1) is 0 Å². The van der Waals surface area contributed by atoms with Crippen molar-refractivity contribution >= 4 is 59.0 Å². The third-order valence-electron chi connectivity index (χ3n) is 18.5. The molecular formula is C80H72NO5P2+. The van der Waals surface area contributed by atoms with Crippen molar-refractivity contribution in [2.75, 3.05) is 0 Å². The Morgan fingerprint density at radius 2 is 0.523 bits per heavy atom. The maximum atomic E-state index is 17.8. The van der Waals surface area contributed by atoms with Crippen LogP contribution in [0.2, 0.25) is 0 Å². The Bertz CT molecular complexity index is 4510. The van der Waals surface area contributed by atoms with E-state index in [0.29, 0.717) is 23.0 Å². The van der Waals surface area contributed by atoms with Crippen molar-refractivity contribution in [3.8, 4) is 89.8 Å². The fourth-order valence-electron chi connectivity index (χ4n) is 14.4. The van der Waals surface area contributed by atoms with E-state index in [-0.39, 0.29) is 0 Å². The smallest absolute Gasteiger partial charge is 0.396 e. The van der Waals surface area contributed by atoms with Crippen molar-refractivity contribution in [2.24, 2.45) is 4.52 Å². The zero-order valence-electron chi connectivity index (χ0n) is 51.5. The maximum Gasteiger partial charge on any atom is 0.681 e. The van der Waals surface area contributed by atoms with Gasteiger partial charge in [-0.05, 0) is 185 Å². The molecule has 2 aliphatic heterocycles. The summed E-state index contributed by atoms with van der Waals surface area (Å²) in [6.45, 7) is 17.7. The summed E-state index contributed by atoms with van der Waals surface area (Å²) < 4.78 is 54.3. The van der Waals surface area contributed by atoms with Gasteiger partial charge in [0, 0.05) is 44.5 Å². The van der Waals surface area contributed by atoms with Gasteiger partial charge in [0.25, 0.3) is 0 Å². The molecule has 12 aromatic carbocycles. The zero-order chi connectivity index (χ0) is 60.4. The first-order valence-corrected chi connectivity index (χ1v) is 34.3. The molecule has 0 fully saturated rings. The quantitative estimate of drug-likeness (QED) is 0.108. The Balaban J connectivity index is 1.16. The molecule has 2 aliphatic rings. The second-order valence-corrected chi connectivity index (χ2v) is 26.1. The molecule has 12 aromatic rings. The maximum absolute atomic E-state index is 17.8. The van der Waals surface area contributed by atoms with Crippen molar-refractivity contribution in [3.05, 3.63) is 239 Å². The SMILES string of the molecule is CCc1cccc(CC)c1-c1cc2ccccc2c2c1O[P+](=NP1(=O)Oc3c(-c4c(CC)cccc4CC)cc4ccccc4c3-c3c(c(-c4c(CC)cccc4CC)cc4ccccc34)O1)Oc1c(-c3c(CC)cccc3CC)cc3ccccc3c1-2. The average Bonchev–Trinajstić information content (AvgIpc) is 1.47. The molecule has 0 N–H and O–H groups in total. The third-order valence-corrected chi connectivity index (χ3v) is 21.5. The van der Waals surface area contributed by atoms with E-state index in [9.17, 15) is 0 Å². The lowest BCUT2D eigenvalue weighted by atomic mass is 9.83. The van der Waals surface area contributed by atoms with Gasteiger partial charge in [0.05, 0.1) is 0 Å². The predicted octanol–water partition coefficient (Wildman–Crippen LogP) is 23.6. The first-order chi connectivity index (χ1) is 43.1. The van der Waals surface area contributed by atoms with Crippen LogP contribution >= 0.6 is 15.9 Å². The lowest BCUT2D eigenvalue weighted by Gasteiger charge is -2.22. The Kier molecular flexibility index (Phi) is 15.1. The van der Waals surface area contributed by atoms with Gasteiger partial charge < -0.3 is 9.05 Å². The topological polar surface area (TPSA) is 66.4 Å². The highest BCUT2D eigenvalue weighted by molar-refractivity contribution is 7.59. The minimum absolute atomic E-state index is 0.444. The highest BCUT2D eigenvalue weighted by atomic mass is 31.2. The number of fused-ring (bicyclic) bond motifs is 14. The van der Waals surface area contributed by atoms with Crippen molar-refractivity contribution in [1.82, 2.24) is 0 Å². The number of aryl methyl sites for hydroxylation is 8. The molecular weight excluding hydrogens is 1120 g/mol. The summed E-state index contributed by atoms with van der Waals surface area (Å²) in [7, 11) is -7.54. The molecule has 0 aliphatic carbocycles. The highest BCUT2D eigenvalue weighted by Gasteiger charge is 2.48. The van der Waals surface area contributed by atoms with Gasteiger partial charge in [-0.25, -0.2) is 13.6 Å². The van der Waals surface area contributed by atoms with Gasteiger partial charge in [-0.2, -0.15) is 0 Å². The molecule has 0 saturated carbocycles. The zero-order valence-corrected chi connectivity index (χ0v) is 53.3. The lowest BCUT2D eigenvalue weighted by molar-refractivity contribution is 0.393. The summed E-state index contributed by atoms with van der Waals surface area (Å²) in [6.07, 6.45) is 6.24. The lowest BCUT2D eigenvalue weighted by Crippen LogP contribution is -2.03. The molecule has 0 saturated heterocycles. The van der Waals surface area contributed by atoms with Crippen LogP contribution in [0.3, 0.4) is 0 Å². The van der Waals surface area contributed by atoms with E-state index >= 15 is 4.57 Å². The van der Waals surface area contributed by atoms with E-state index in [0.717, 1.165) is 183 Å². The van der Waals surface area contributed by atoms with Crippen LogP contribution in [0.25, 0.3) is 110 Å².